The summed E-state index contributed by atoms with van der Waals surface area (Å²) in [6.45, 7) is 2.15. The zero-order valence-corrected chi connectivity index (χ0v) is 10.1. The lowest BCUT2D eigenvalue weighted by Crippen LogP contribution is -2.28. The summed E-state index contributed by atoms with van der Waals surface area (Å²) in [4.78, 5) is 0. The first-order valence-electron chi connectivity index (χ1n) is 4.93. The van der Waals surface area contributed by atoms with Gasteiger partial charge in [-0.15, -0.1) is 0 Å². The molecule has 0 radical (unpaired) electrons. The highest BCUT2D eigenvalue weighted by molar-refractivity contribution is 14.1. The van der Waals surface area contributed by atoms with Gasteiger partial charge in [-0.2, -0.15) is 0 Å². The first-order chi connectivity index (χ1) is 6.77. The highest BCUT2D eigenvalue weighted by Gasteiger charge is 2.17. The van der Waals surface area contributed by atoms with Crippen LogP contribution < -0.4 is 5.32 Å². The second-order valence-corrected chi connectivity index (χ2v) is 4.87. The van der Waals surface area contributed by atoms with E-state index in [9.17, 15) is 4.39 Å². The second kappa shape index (κ2) is 4.57. The fourth-order valence-electron chi connectivity index (χ4n) is 1.95. The fraction of sp³-hybridized carbons (Fsp3) is 0.455. The maximum absolute atomic E-state index is 12.9. The van der Waals surface area contributed by atoms with Crippen molar-refractivity contribution < 1.29 is 4.39 Å². The summed E-state index contributed by atoms with van der Waals surface area (Å²) in [7, 11) is 0. The Hall–Kier alpha value is -0.160. The Bertz CT molecular complexity index is 321. The summed E-state index contributed by atoms with van der Waals surface area (Å²) in [5, 5.41) is 3.38. The topological polar surface area (TPSA) is 12.0 Å². The molecule has 0 amide bonds. The van der Waals surface area contributed by atoms with E-state index in [0.29, 0.717) is 5.92 Å². The number of benzene rings is 1. The average molecular weight is 305 g/mol. The fourth-order valence-corrected chi connectivity index (χ4v) is 2.87. The molecule has 1 aliphatic rings. The molecule has 1 saturated heterocycles. The van der Waals surface area contributed by atoms with Gasteiger partial charge in [-0.25, -0.2) is 4.39 Å². The second-order valence-electron chi connectivity index (χ2n) is 3.71. The van der Waals surface area contributed by atoms with E-state index in [4.69, 9.17) is 0 Å². The molecule has 0 saturated carbocycles. The van der Waals surface area contributed by atoms with Crippen molar-refractivity contribution in [2.75, 3.05) is 13.1 Å². The van der Waals surface area contributed by atoms with E-state index >= 15 is 0 Å². The Kier molecular flexibility index (Phi) is 3.38. The minimum Gasteiger partial charge on any atom is -0.316 e. The number of rotatable bonds is 1. The molecule has 1 nitrogen and oxygen atoms in total. The molecular formula is C11H13FIN. The van der Waals surface area contributed by atoms with Gasteiger partial charge in [0.15, 0.2) is 0 Å². The number of hydrogen-bond donors (Lipinski definition) is 1. The minimum absolute atomic E-state index is 0.137. The molecule has 1 aromatic carbocycles. The molecule has 76 valence electrons. The molecule has 1 unspecified atom stereocenters. The van der Waals surface area contributed by atoms with E-state index < -0.39 is 0 Å². The van der Waals surface area contributed by atoms with E-state index in [1.165, 1.54) is 18.4 Å². The van der Waals surface area contributed by atoms with E-state index in [-0.39, 0.29) is 5.82 Å². The van der Waals surface area contributed by atoms with Gasteiger partial charge >= 0.3 is 0 Å². The molecule has 1 aliphatic heterocycles. The Balaban J connectivity index is 2.22. The Labute approximate surface area is 97.2 Å². The first-order valence-corrected chi connectivity index (χ1v) is 6.01. The summed E-state index contributed by atoms with van der Waals surface area (Å²) < 4.78 is 13.9. The van der Waals surface area contributed by atoms with Crippen molar-refractivity contribution in [3.63, 3.8) is 0 Å². The summed E-state index contributed by atoms with van der Waals surface area (Å²) in [6.07, 6.45) is 2.44. The van der Waals surface area contributed by atoms with Crippen molar-refractivity contribution in [2.45, 2.75) is 18.8 Å². The van der Waals surface area contributed by atoms with Gasteiger partial charge in [0, 0.05) is 10.1 Å². The molecule has 14 heavy (non-hydrogen) atoms. The normalized spacial score (nSPS) is 22.3. The zero-order chi connectivity index (χ0) is 9.97. The number of hydrogen-bond acceptors (Lipinski definition) is 1. The lowest BCUT2D eigenvalue weighted by atomic mass is 9.92. The maximum atomic E-state index is 12.9. The predicted molar refractivity (Wildman–Crippen MR) is 64.0 cm³/mol. The molecular weight excluding hydrogens is 292 g/mol. The van der Waals surface area contributed by atoms with Crippen LogP contribution in [0.2, 0.25) is 0 Å². The van der Waals surface area contributed by atoms with Gasteiger partial charge in [-0.1, -0.05) is 6.07 Å². The minimum atomic E-state index is -0.137. The molecule has 3 heteroatoms. The van der Waals surface area contributed by atoms with Gasteiger partial charge in [-0.05, 0) is 65.6 Å². The van der Waals surface area contributed by atoms with Crippen molar-refractivity contribution in [1.29, 1.82) is 0 Å². The van der Waals surface area contributed by atoms with Crippen LogP contribution in [-0.2, 0) is 0 Å². The van der Waals surface area contributed by atoms with Crippen LogP contribution >= 0.6 is 22.6 Å². The number of nitrogens with one attached hydrogen (secondary N) is 1. The van der Waals surface area contributed by atoms with Crippen LogP contribution in [-0.4, -0.2) is 13.1 Å². The Morgan fingerprint density at radius 3 is 2.93 bits per heavy atom. The summed E-state index contributed by atoms with van der Waals surface area (Å²) in [6, 6.07) is 5.10. The monoisotopic (exact) mass is 305 g/mol. The molecule has 1 aromatic rings. The SMILES string of the molecule is Fc1ccc(C2CCCNC2)c(I)c1. The van der Waals surface area contributed by atoms with Crippen molar-refractivity contribution in [3.8, 4) is 0 Å². The Morgan fingerprint density at radius 1 is 1.43 bits per heavy atom. The molecule has 1 N–H and O–H groups in total. The van der Waals surface area contributed by atoms with Crippen LogP contribution in [0, 0.1) is 9.39 Å². The van der Waals surface area contributed by atoms with Crippen LogP contribution in [0.1, 0.15) is 24.3 Å². The van der Waals surface area contributed by atoms with E-state index in [2.05, 4.69) is 27.9 Å². The molecule has 1 heterocycles. The third-order valence-electron chi connectivity index (χ3n) is 2.70. The molecule has 0 bridgehead atoms. The molecule has 1 fully saturated rings. The van der Waals surface area contributed by atoms with Crippen LogP contribution in [0.5, 0.6) is 0 Å². The van der Waals surface area contributed by atoms with E-state index in [1.807, 2.05) is 6.07 Å². The number of piperidine rings is 1. The molecule has 2 rings (SSSR count). The van der Waals surface area contributed by atoms with Gasteiger partial charge in [-0.3, -0.25) is 0 Å². The number of halogens is 2. The van der Waals surface area contributed by atoms with Gasteiger partial charge in [0.05, 0.1) is 0 Å². The lowest BCUT2D eigenvalue weighted by Gasteiger charge is -2.24. The molecule has 1 atom stereocenters. The summed E-state index contributed by atoms with van der Waals surface area (Å²) in [5.41, 5.74) is 1.29. The van der Waals surface area contributed by atoms with Crippen molar-refractivity contribution >= 4 is 22.6 Å². The zero-order valence-electron chi connectivity index (χ0n) is 7.89. The van der Waals surface area contributed by atoms with E-state index in [1.54, 1.807) is 12.1 Å². The standard InChI is InChI=1S/C11H13FIN/c12-9-3-4-10(11(13)6-9)8-2-1-5-14-7-8/h3-4,6,8,14H,1-2,5,7H2. The maximum Gasteiger partial charge on any atom is 0.124 e. The summed E-state index contributed by atoms with van der Waals surface area (Å²) in [5.74, 6) is 0.429. The molecule has 0 aromatic heterocycles. The van der Waals surface area contributed by atoms with Gasteiger partial charge in [0.25, 0.3) is 0 Å². The predicted octanol–water partition coefficient (Wildman–Crippen LogP) is 2.90. The first kappa shape index (κ1) is 10.4. The third kappa shape index (κ3) is 2.25. The smallest absolute Gasteiger partial charge is 0.124 e. The van der Waals surface area contributed by atoms with Crippen LogP contribution in [0.25, 0.3) is 0 Å². The van der Waals surface area contributed by atoms with E-state index in [0.717, 1.165) is 16.7 Å². The van der Waals surface area contributed by atoms with Crippen molar-refractivity contribution in [2.24, 2.45) is 0 Å². The largest absolute Gasteiger partial charge is 0.316 e. The van der Waals surface area contributed by atoms with Gasteiger partial charge in [0.1, 0.15) is 5.82 Å². The molecule has 0 aliphatic carbocycles. The van der Waals surface area contributed by atoms with Crippen molar-refractivity contribution in [1.82, 2.24) is 5.32 Å². The van der Waals surface area contributed by atoms with Gasteiger partial charge in [0.2, 0.25) is 0 Å². The third-order valence-corrected chi connectivity index (χ3v) is 3.63. The van der Waals surface area contributed by atoms with Crippen LogP contribution in [0.3, 0.4) is 0 Å². The molecule has 0 spiro atoms. The average Bonchev–Trinajstić information content (AvgIpc) is 2.19. The Morgan fingerprint density at radius 2 is 2.29 bits per heavy atom. The highest BCUT2D eigenvalue weighted by Crippen LogP contribution is 2.27. The van der Waals surface area contributed by atoms with Crippen molar-refractivity contribution in [3.05, 3.63) is 33.1 Å². The quantitative estimate of drug-likeness (QED) is 0.787. The lowest BCUT2D eigenvalue weighted by molar-refractivity contribution is 0.460. The highest BCUT2D eigenvalue weighted by atomic mass is 127. The van der Waals surface area contributed by atoms with Gasteiger partial charge < -0.3 is 5.32 Å². The summed E-state index contributed by atoms with van der Waals surface area (Å²) >= 11 is 2.22. The van der Waals surface area contributed by atoms with Crippen LogP contribution in [0.4, 0.5) is 4.39 Å². The van der Waals surface area contributed by atoms with Crippen LogP contribution in [0.15, 0.2) is 18.2 Å².